The second-order valence-corrected chi connectivity index (χ2v) is 5.59. The quantitative estimate of drug-likeness (QED) is 0.788. The average molecular weight is 226 g/mol. The Hall–Kier alpha value is -0.120. The van der Waals surface area contributed by atoms with E-state index >= 15 is 0 Å². The van der Waals surface area contributed by atoms with Gasteiger partial charge in [0.25, 0.3) is 0 Å². The Bertz CT molecular complexity index is 214. The van der Waals surface area contributed by atoms with Gasteiger partial charge in [-0.3, -0.25) is 4.90 Å². The summed E-state index contributed by atoms with van der Waals surface area (Å²) in [6.07, 6.45) is 4.27. The van der Waals surface area contributed by atoms with Crippen molar-refractivity contribution >= 4 is 0 Å². The minimum atomic E-state index is 0.484. The summed E-state index contributed by atoms with van der Waals surface area (Å²) in [4.78, 5) is 2.59. The number of likely N-dealkylation sites (tertiary alicyclic amines) is 1. The first-order valence-electron chi connectivity index (χ1n) is 6.78. The van der Waals surface area contributed by atoms with Crippen molar-refractivity contribution in [3.63, 3.8) is 0 Å². The van der Waals surface area contributed by atoms with Crippen LogP contribution in [-0.2, 0) is 4.74 Å². The number of hydrogen-bond acceptors (Lipinski definition) is 3. The van der Waals surface area contributed by atoms with Gasteiger partial charge in [0.1, 0.15) is 0 Å². The number of nitrogens with one attached hydrogen (secondary N) is 1. The molecule has 2 aliphatic heterocycles. The van der Waals surface area contributed by atoms with E-state index in [1.54, 1.807) is 0 Å². The molecular formula is C13H26N2O. The van der Waals surface area contributed by atoms with Crippen molar-refractivity contribution in [1.29, 1.82) is 0 Å². The van der Waals surface area contributed by atoms with Gasteiger partial charge in [-0.1, -0.05) is 13.8 Å². The smallest absolute Gasteiger partial charge is 0.0728 e. The van der Waals surface area contributed by atoms with Crippen molar-refractivity contribution in [2.24, 2.45) is 0 Å². The fourth-order valence-corrected chi connectivity index (χ4v) is 2.98. The molecule has 0 aromatic rings. The van der Waals surface area contributed by atoms with Gasteiger partial charge in [-0.15, -0.1) is 0 Å². The third kappa shape index (κ3) is 2.96. The molecule has 94 valence electrons. The van der Waals surface area contributed by atoms with Crippen LogP contribution in [0.15, 0.2) is 0 Å². The number of ether oxygens (including phenoxy) is 1. The van der Waals surface area contributed by atoms with E-state index in [1.165, 1.54) is 32.4 Å². The summed E-state index contributed by atoms with van der Waals surface area (Å²) in [5, 5.41) is 3.63. The molecule has 2 heterocycles. The Morgan fingerprint density at radius 1 is 1.25 bits per heavy atom. The zero-order chi connectivity index (χ0) is 11.5. The van der Waals surface area contributed by atoms with E-state index in [2.05, 4.69) is 31.0 Å². The summed E-state index contributed by atoms with van der Waals surface area (Å²) >= 11 is 0. The third-order valence-electron chi connectivity index (χ3n) is 3.87. The van der Waals surface area contributed by atoms with Crippen molar-refractivity contribution in [3.05, 3.63) is 0 Å². The first-order chi connectivity index (χ1) is 7.66. The van der Waals surface area contributed by atoms with Gasteiger partial charge in [0.05, 0.1) is 6.10 Å². The summed E-state index contributed by atoms with van der Waals surface area (Å²) in [6.45, 7) is 10.2. The van der Waals surface area contributed by atoms with Crippen molar-refractivity contribution in [2.75, 3.05) is 19.7 Å². The fourth-order valence-electron chi connectivity index (χ4n) is 2.98. The predicted octanol–water partition coefficient (Wildman–Crippen LogP) is 1.63. The Morgan fingerprint density at radius 3 is 2.69 bits per heavy atom. The van der Waals surface area contributed by atoms with Gasteiger partial charge in [-0.25, -0.2) is 0 Å². The second-order valence-electron chi connectivity index (χ2n) is 5.59. The highest BCUT2D eigenvalue weighted by atomic mass is 16.5. The van der Waals surface area contributed by atoms with Gasteiger partial charge in [0, 0.05) is 37.8 Å². The standard InChI is InChI=1S/C13H26N2O/c1-10(2)14-12-6-7-15(9-12)11(3)13-5-4-8-16-13/h10-14H,4-9H2,1-3H3. The normalized spacial score (nSPS) is 33.8. The lowest BCUT2D eigenvalue weighted by molar-refractivity contribution is 0.0398. The summed E-state index contributed by atoms with van der Waals surface area (Å²) in [7, 11) is 0. The molecular weight excluding hydrogens is 200 g/mol. The molecule has 0 aromatic heterocycles. The fraction of sp³-hybridized carbons (Fsp3) is 1.00. The zero-order valence-corrected chi connectivity index (χ0v) is 10.9. The van der Waals surface area contributed by atoms with E-state index in [4.69, 9.17) is 4.74 Å². The molecule has 1 N–H and O–H groups in total. The van der Waals surface area contributed by atoms with Gasteiger partial charge < -0.3 is 10.1 Å². The zero-order valence-electron chi connectivity index (χ0n) is 10.9. The van der Waals surface area contributed by atoms with Crippen molar-refractivity contribution in [3.8, 4) is 0 Å². The molecule has 0 aromatic carbocycles. The summed E-state index contributed by atoms with van der Waals surface area (Å²) in [6, 6.07) is 1.88. The molecule has 0 radical (unpaired) electrons. The van der Waals surface area contributed by atoms with Gasteiger partial charge >= 0.3 is 0 Å². The molecule has 2 rings (SSSR count). The number of nitrogens with zero attached hydrogens (tertiary/aromatic N) is 1. The molecule has 3 heteroatoms. The SMILES string of the molecule is CC(C)NC1CCN(C(C)C2CCCO2)C1. The Balaban J connectivity index is 1.78. The molecule has 2 fully saturated rings. The molecule has 0 spiro atoms. The molecule has 2 aliphatic rings. The summed E-state index contributed by atoms with van der Waals surface area (Å²) in [5.74, 6) is 0. The van der Waals surface area contributed by atoms with E-state index in [9.17, 15) is 0 Å². The van der Waals surface area contributed by atoms with E-state index in [0.29, 0.717) is 24.2 Å². The van der Waals surface area contributed by atoms with Crippen LogP contribution in [-0.4, -0.2) is 48.8 Å². The lowest BCUT2D eigenvalue weighted by Crippen LogP contribution is -2.43. The number of hydrogen-bond donors (Lipinski definition) is 1. The summed E-state index contributed by atoms with van der Waals surface area (Å²) < 4.78 is 5.78. The molecule has 16 heavy (non-hydrogen) atoms. The highest BCUT2D eigenvalue weighted by Crippen LogP contribution is 2.22. The summed E-state index contributed by atoms with van der Waals surface area (Å²) in [5.41, 5.74) is 0. The topological polar surface area (TPSA) is 24.5 Å². The van der Waals surface area contributed by atoms with Crippen LogP contribution < -0.4 is 5.32 Å². The Labute approximate surface area is 99.5 Å². The van der Waals surface area contributed by atoms with Crippen LogP contribution in [0.2, 0.25) is 0 Å². The minimum absolute atomic E-state index is 0.484. The third-order valence-corrected chi connectivity index (χ3v) is 3.87. The van der Waals surface area contributed by atoms with E-state index in [-0.39, 0.29) is 0 Å². The molecule has 2 saturated heterocycles. The van der Waals surface area contributed by atoms with Crippen LogP contribution in [0.3, 0.4) is 0 Å². The van der Waals surface area contributed by atoms with Crippen LogP contribution in [0.1, 0.15) is 40.0 Å². The minimum Gasteiger partial charge on any atom is -0.377 e. The van der Waals surface area contributed by atoms with Crippen LogP contribution in [0.4, 0.5) is 0 Å². The Kier molecular flexibility index (Phi) is 4.22. The monoisotopic (exact) mass is 226 g/mol. The van der Waals surface area contributed by atoms with E-state index < -0.39 is 0 Å². The molecule has 0 amide bonds. The maximum atomic E-state index is 5.78. The lowest BCUT2D eigenvalue weighted by Gasteiger charge is -2.29. The first-order valence-corrected chi connectivity index (χ1v) is 6.78. The van der Waals surface area contributed by atoms with Crippen LogP contribution in [0.5, 0.6) is 0 Å². The lowest BCUT2D eigenvalue weighted by atomic mass is 10.1. The molecule has 0 aliphatic carbocycles. The van der Waals surface area contributed by atoms with Crippen molar-refractivity contribution in [2.45, 2.75) is 64.3 Å². The molecule has 0 saturated carbocycles. The number of rotatable bonds is 4. The van der Waals surface area contributed by atoms with Gasteiger partial charge in [0.2, 0.25) is 0 Å². The molecule has 0 bridgehead atoms. The average Bonchev–Trinajstić information content (AvgIpc) is 2.84. The maximum absolute atomic E-state index is 5.78. The van der Waals surface area contributed by atoms with Gasteiger partial charge in [-0.2, -0.15) is 0 Å². The van der Waals surface area contributed by atoms with Crippen LogP contribution in [0.25, 0.3) is 0 Å². The maximum Gasteiger partial charge on any atom is 0.0728 e. The van der Waals surface area contributed by atoms with E-state index in [0.717, 1.165) is 6.61 Å². The van der Waals surface area contributed by atoms with E-state index in [1.807, 2.05) is 0 Å². The second kappa shape index (κ2) is 5.48. The van der Waals surface area contributed by atoms with Crippen LogP contribution >= 0.6 is 0 Å². The van der Waals surface area contributed by atoms with Crippen LogP contribution in [0, 0.1) is 0 Å². The van der Waals surface area contributed by atoms with Gasteiger partial charge in [0.15, 0.2) is 0 Å². The first kappa shape index (κ1) is 12.3. The largest absolute Gasteiger partial charge is 0.377 e. The highest BCUT2D eigenvalue weighted by molar-refractivity contribution is 4.88. The molecule has 3 atom stereocenters. The Morgan fingerprint density at radius 2 is 2.06 bits per heavy atom. The van der Waals surface area contributed by atoms with Crippen molar-refractivity contribution < 1.29 is 4.74 Å². The van der Waals surface area contributed by atoms with Gasteiger partial charge in [-0.05, 0) is 26.2 Å². The molecule has 3 nitrogen and oxygen atoms in total. The van der Waals surface area contributed by atoms with Crippen molar-refractivity contribution in [1.82, 2.24) is 10.2 Å². The predicted molar refractivity (Wildman–Crippen MR) is 66.7 cm³/mol. The molecule has 3 unspecified atom stereocenters. The highest BCUT2D eigenvalue weighted by Gasteiger charge is 2.32.